The van der Waals surface area contributed by atoms with Crippen molar-refractivity contribution in [2.75, 3.05) is 12.4 Å². The summed E-state index contributed by atoms with van der Waals surface area (Å²) in [4.78, 5) is 48.3. The van der Waals surface area contributed by atoms with E-state index in [1.165, 1.54) is 11.7 Å². The first kappa shape index (κ1) is 16.2. The summed E-state index contributed by atoms with van der Waals surface area (Å²) >= 11 is 1.02. The fraction of sp³-hybridized carbons (Fsp3) is 0.545. The normalized spacial score (nSPS) is 10.3. The van der Waals surface area contributed by atoms with E-state index in [0.717, 1.165) is 11.8 Å². The van der Waals surface area contributed by atoms with Crippen LogP contribution in [0.2, 0.25) is 0 Å². The Bertz CT molecular complexity index is 607. The molecule has 0 unspecified atom stereocenters. The molecule has 20 heavy (non-hydrogen) atoms. The van der Waals surface area contributed by atoms with Crippen LogP contribution in [0, 0.1) is 0 Å². The Labute approximate surface area is 118 Å². The van der Waals surface area contributed by atoms with Gasteiger partial charge < -0.3 is 4.74 Å². The molecule has 1 aromatic heterocycles. The van der Waals surface area contributed by atoms with Crippen molar-refractivity contribution in [1.29, 1.82) is 0 Å². The van der Waals surface area contributed by atoms with E-state index >= 15 is 0 Å². The standard InChI is InChI=1S/C11H15N3O5S/c1-3-19-8(16)5-4-7(15)6-20-11-12-9(17)10(18)13-14(11)2/h3-6H2,1-2H3,(H,13,18). The summed E-state index contributed by atoms with van der Waals surface area (Å²) in [5.74, 6) is -0.518. The third-order valence-electron chi connectivity index (χ3n) is 2.22. The highest BCUT2D eigenvalue weighted by Crippen LogP contribution is 2.12. The van der Waals surface area contributed by atoms with E-state index in [1.807, 2.05) is 0 Å². The van der Waals surface area contributed by atoms with Crippen LogP contribution >= 0.6 is 11.8 Å². The van der Waals surface area contributed by atoms with E-state index in [-0.39, 0.29) is 36.1 Å². The molecule has 1 N–H and O–H groups in total. The first-order valence-electron chi connectivity index (χ1n) is 5.91. The van der Waals surface area contributed by atoms with Crippen molar-refractivity contribution in [2.45, 2.75) is 24.9 Å². The van der Waals surface area contributed by atoms with Gasteiger partial charge >= 0.3 is 17.1 Å². The summed E-state index contributed by atoms with van der Waals surface area (Å²) in [5.41, 5.74) is -1.71. The van der Waals surface area contributed by atoms with Gasteiger partial charge in [0.15, 0.2) is 5.16 Å². The van der Waals surface area contributed by atoms with E-state index in [4.69, 9.17) is 4.74 Å². The van der Waals surface area contributed by atoms with Crippen LogP contribution in [-0.4, -0.2) is 38.9 Å². The Balaban J connectivity index is 2.49. The molecule has 0 saturated carbocycles. The lowest BCUT2D eigenvalue weighted by Gasteiger charge is -2.05. The summed E-state index contributed by atoms with van der Waals surface area (Å²) in [6, 6.07) is 0. The number of H-pyrrole nitrogens is 1. The first-order valence-corrected chi connectivity index (χ1v) is 6.90. The molecule has 0 saturated heterocycles. The van der Waals surface area contributed by atoms with Crippen LogP contribution in [0.1, 0.15) is 19.8 Å². The lowest BCUT2D eigenvalue weighted by atomic mass is 10.2. The summed E-state index contributed by atoms with van der Waals surface area (Å²) in [6.07, 6.45) is 0.106. The summed E-state index contributed by atoms with van der Waals surface area (Å²) in [5, 5.41) is 2.51. The molecule has 0 fully saturated rings. The number of ketones is 1. The minimum absolute atomic E-state index is 0.0330. The molecule has 0 aliphatic carbocycles. The van der Waals surface area contributed by atoms with Crippen molar-refractivity contribution in [2.24, 2.45) is 7.05 Å². The van der Waals surface area contributed by atoms with E-state index < -0.39 is 17.1 Å². The number of nitrogens with zero attached hydrogens (tertiary/aromatic N) is 2. The smallest absolute Gasteiger partial charge is 0.339 e. The summed E-state index contributed by atoms with van der Waals surface area (Å²) in [7, 11) is 1.51. The van der Waals surface area contributed by atoms with Gasteiger partial charge in [-0.3, -0.25) is 29.0 Å². The molecule has 0 atom stereocenters. The van der Waals surface area contributed by atoms with E-state index in [2.05, 4.69) is 10.1 Å². The lowest BCUT2D eigenvalue weighted by Crippen LogP contribution is -2.34. The van der Waals surface area contributed by atoms with Crippen molar-refractivity contribution in [1.82, 2.24) is 14.8 Å². The van der Waals surface area contributed by atoms with Crippen LogP contribution in [0.4, 0.5) is 0 Å². The number of aromatic nitrogens is 3. The zero-order valence-electron chi connectivity index (χ0n) is 11.2. The Kier molecular flexibility index (Phi) is 6.16. The molecule has 8 nitrogen and oxygen atoms in total. The Morgan fingerprint density at radius 2 is 2.05 bits per heavy atom. The van der Waals surface area contributed by atoms with E-state index in [9.17, 15) is 19.2 Å². The maximum atomic E-state index is 11.6. The van der Waals surface area contributed by atoms with Gasteiger partial charge in [-0.1, -0.05) is 11.8 Å². The predicted molar refractivity (Wildman–Crippen MR) is 71.7 cm³/mol. The lowest BCUT2D eigenvalue weighted by molar-refractivity contribution is -0.144. The highest BCUT2D eigenvalue weighted by molar-refractivity contribution is 7.99. The van der Waals surface area contributed by atoms with Crippen LogP contribution in [0.5, 0.6) is 0 Å². The van der Waals surface area contributed by atoms with Gasteiger partial charge in [-0.25, -0.2) is 0 Å². The molecular formula is C11H15N3O5S. The second kappa shape index (κ2) is 7.63. The number of carbonyl (C=O) groups excluding carboxylic acids is 2. The van der Waals surface area contributed by atoms with Crippen molar-refractivity contribution in [3.63, 3.8) is 0 Å². The monoisotopic (exact) mass is 301 g/mol. The summed E-state index contributed by atoms with van der Waals surface area (Å²) in [6.45, 7) is 1.98. The van der Waals surface area contributed by atoms with Gasteiger partial charge in [0.05, 0.1) is 18.8 Å². The van der Waals surface area contributed by atoms with Crippen LogP contribution in [-0.2, 0) is 21.4 Å². The van der Waals surface area contributed by atoms with E-state index in [0.29, 0.717) is 0 Å². The molecule has 9 heteroatoms. The van der Waals surface area contributed by atoms with Gasteiger partial charge in [0.2, 0.25) is 0 Å². The number of Topliss-reactive ketones (excluding diaryl/α,β-unsaturated/α-hetero) is 1. The quantitative estimate of drug-likeness (QED) is 0.409. The fourth-order valence-corrected chi connectivity index (χ4v) is 2.10. The zero-order chi connectivity index (χ0) is 15.1. The number of nitrogens with one attached hydrogen (secondary N) is 1. The fourth-order valence-electron chi connectivity index (χ4n) is 1.28. The minimum Gasteiger partial charge on any atom is -0.466 e. The number of ether oxygens (including phenoxy) is 1. The van der Waals surface area contributed by atoms with Crippen LogP contribution < -0.4 is 11.1 Å². The second-order valence-corrected chi connectivity index (χ2v) is 4.77. The number of esters is 1. The van der Waals surface area contributed by atoms with Gasteiger partial charge in [-0.2, -0.15) is 4.98 Å². The third-order valence-corrected chi connectivity index (χ3v) is 3.31. The number of carbonyl (C=O) groups is 2. The number of rotatable bonds is 7. The van der Waals surface area contributed by atoms with Crippen molar-refractivity contribution < 1.29 is 14.3 Å². The van der Waals surface area contributed by atoms with Crippen LogP contribution in [0.15, 0.2) is 14.7 Å². The van der Waals surface area contributed by atoms with E-state index in [1.54, 1.807) is 6.92 Å². The van der Waals surface area contributed by atoms with Crippen molar-refractivity contribution in [3.8, 4) is 0 Å². The molecule has 0 bridgehead atoms. The maximum absolute atomic E-state index is 11.6. The van der Waals surface area contributed by atoms with Gasteiger partial charge in [0, 0.05) is 13.5 Å². The first-order chi connectivity index (χ1) is 9.43. The Morgan fingerprint density at radius 1 is 1.35 bits per heavy atom. The van der Waals surface area contributed by atoms with Crippen molar-refractivity contribution >= 4 is 23.5 Å². The molecule has 0 radical (unpaired) electrons. The second-order valence-electron chi connectivity index (χ2n) is 3.83. The number of hydrogen-bond acceptors (Lipinski definition) is 7. The van der Waals surface area contributed by atoms with Crippen LogP contribution in [0.25, 0.3) is 0 Å². The molecule has 0 spiro atoms. The predicted octanol–water partition coefficient (Wildman–Crippen LogP) is -0.527. The molecule has 0 aliphatic rings. The van der Waals surface area contributed by atoms with Gasteiger partial charge in [0.1, 0.15) is 5.78 Å². The Morgan fingerprint density at radius 3 is 2.70 bits per heavy atom. The molecule has 0 amide bonds. The molecule has 110 valence electrons. The maximum Gasteiger partial charge on any atom is 0.339 e. The van der Waals surface area contributed by atoms with Crippen LogP contribution in [0.3, 0.4) is 0 Å². The zero-order valence-corrected chi connectivity index (χ0v) is 12.0. The van der Waals surface area contributed by atoms with Crippen molar-refractivity contribution in [3.05, 3.63) is 20.7 Å². The Hall–Kier alpha value is -1.90. The molecule has 1 rings (SSSR count). The highest BCUT2D eigenvalue weighted by Gasteiger charge is 2.10. The van der Waals surface area contributed by atoms with Gasteiger partial charge in [-0.15, -0.1) is 0 Å². The number of hydrogen-bond donors (Lipinski definition) is 1. The third kappa shape index (κ3) is 5.00. The largest absolute Gasteiger partial charge is 0.466 e. The average molecular weight is 301 g/mol. The minimum atomic E-state index is -0.899. The van der Waals surface area contributed by atoms with Gasteiger partial charge in [0.25, 0.3) is 0 Å². The topological polar surface area (TPSA) is 111 Å². The molecule has 0 aliphatic heterocycles. The molecule has 1 aromatic rings. The molecule has 1 heterocycles. The number of aromatic amines is 1. The average Bonchev–Trinajstić information content (AvgIpc) is 2.39. The summed E-state index contributed by atoms with van der Waals surface area (Å²) < 4.78 is 5.98. The highest BCUT2D eigenvalue weighted by atomic mass is 32.2. The molecular weight excluding hydrogens is 286 g/mol. The number of aryl methyl sites for hydroxylation is 1. The SMILES string of the molecule is CCOC(=O)CCC(=O)CSc1nc(=O)c(=O)[nH]n1C. The number of thioether (sulfide) groups is 1. The van der Waals surface area contributed by atoms with Gasteiger partial charge in [-0.05, 0) is 6.92 Å². The molecule has 0 aromatic carbocycles.